The topological polar surface area (TPSA) is 75.9 Å². The number of rotatable bonds is 2. The summed E-state index contributed by atoms with van der Waals surface area (Å²) < 4.78 is 1.76. The maximum Gasteiger partial charge on any atom is 0.276 e. The van der Waals surface area contributed by atoms with E-state index in [1.54, 1.807) is 10.9 Å². The van der Waals surface area contributed by atoms with E-state index in [1.165, 1.54) is 0 Å². The van der Waals surface area contributed by atoms with Crippen molar-refractivity contribution in [3.05, 3.63) is 48.0 Å². The first-order valence-electron chi connectivity index (χ1n) is 8.98. The van der Waals surface area contributed by atoms with Crippen LogP contribution in [0, 0.1) is 18.8 Å². The third kappa shape index (κ3) is 2.31. The van der Waals surface area contributed by atoms with Gasteiger partial charge in [0.05, 0.1) is 11.4 Å². The Hall–Kier alpha value is -2.80. The number of benzene rings is 1. The Morgan fingerprint density at radius 3 is 2.81 bits per heavy atom. The predicted molar refractivity (Wildman–Crippen MR) is 97.2 cm³/mol. The molecule has 132 valence electrons. The van der Waals surface area contributed by atoms with E-state index in [-0.39, 0.29) is 5.91 Å². The Bertz CT molecular complexity index is 979. The van der Waals surface area contributed by atoms with Gasteiger partial charge in [0.25, 0.3) is 5.91 Å². The van der Waals surface area contributed by atoms with Gasteiger partial charge in [-0.05, 0) is 30.9 Å². The summed E-state index contributed by atoms with van der Waals surface area (Å²) in [6.45, 7) is 5.53. The average molecular weight is 348 g/mol. The summed E-state index contributed by atoms with van der Waals surface area (Å²) in [6, 6.07) is 7.93. The minimum absolute atomic E-state index is 0.00921. The summed E-state index contributed by atoms with van der Waals surface area (Å²) in [4.78, 5) is 19.1. The number of aromatic nitrogens is 4. The molecule has 5 rings (SSSR count). The molecular weight excluding hydrogens is 328 g/mol. The van der Waals surface area contributed by atoms with Gasteiger partial charge < -0.3 is 10.2 Å². The van der Waals surface area contributed by atoms with Gasteiger partial charge in [0.15, 0.2) is 5.69 Å². The Balaban J connectivity index is 1.50. The van der Waals surface area contributed by atoms with Gasteiger partial charge in [-0.1, -0.05) is 17.3 Å². The quantitative estimate of drug-likeness (QED) is 0.758. The van der Waals surface area contributed by atoms with Crippen LogP contribution in [0.3, 0.4) is 0 Å². The number of pyridine rings is 1. The van der Waals surface area contributed by atoms with E-state index in [1.807, 2.05) is 42.3 Å². The van der Waals surface area contributed by atoms with Crippen LogP contribution in [0.15, 0.2) is 36.7 Å². The highest BCUT2D eigenvalue weighted by Gasteiger charge is 2.39. The molecule has 7 heteroatoms. The van der Waals surface area contributed by atoms with Crippen molar-refractivity contribution < 1.29 is 4.79 Å². The van der Waals surface area contributed by atoms with Crippen molar-refractivity contribution in [2.75, 3.05) is 26.2 Å². The minimum atomic E-state index is -0.00921. The predicted octanol–water partition coefficient (Wildman–Crippen LogP) is 1.42. The lowest BCUT2D eigenvalue weighted by molar-refractivity contribution is 0.0775. The van der Waals surface area contributed by atoms with E-state index >= 15 is 0 Å². The highest BCUT2D eigenvalue weighted by Crippen LogP contribution is 2.28. The number of carbonyl (C=O) groups is 1. The van der Waals surface area contributed by atoms with Crippen LogP contribution in [0.5, 0.6) is 0 Å². The van der Waals surface area contributed by atoms with E-state index in [2.05, 4.69) is 20.6 Å². The number of hydrogen-bond acceptors (Lipinski definition) is 5. The Kier molecular flexibility index (Phi) is 3.49. The van der Waals surface area contributed by atoms with Crippen LogP contribution in [0.4, 0.5) is 0 Å². The number of hydrogen-bond donors (Lipinski definition) is 1. The average Bonchev–Trinajstić information content (AvgIpc) is 3.35. The van der Waals surface area contributed by atoms with Crippen LogP contribution in [0.25, 0.3) is 16.5 Å². The summed E-state index contributed by atoms with van der Waals surface area (Å²) >= 11 is 0. The van der Waals surface area contributed by atoms with E-state index in [0.29, 0.717) is 17.5 Å². The monoisotopic (exact) mass is 348 g/mol. The van der Waals surface area contributed by atoms with Crippen molar-refractivity contribution in [1.82, 2.24) is 30.2 Å². The number of carbonyl (C=O) groups excluding carboxylic acids is 1. The second-order valence-corrected chi connectivity index (χ2v) is 7.20. The van der Waals surface area contributed by atoms with Crippen molar-refractivity contribution >= 4 is 16.7 Å². The van der Waals surface area contributed by atoms with E-state index in [9.17, 15) is 4.79 Å². The zero-order valence-corrected chi connectivity index (χ0v) is 14.6. The minimum Gasteiger partial charge on any atom is -0.337 e. The molecule has 3 aromatic rings. The molecule has 1 N–H and O–H groups in total. The highest BCUT2D eigenvalue weighted by atomic mass is 16.2. The molecule has 2 saturated heterocycles. The maximum absolute atomic E-state index is 13.0. The van der Waals surface area contributed by atoms with Gasteiger partial charge in [-0.2, -0.15) is 0 Å². The number of fused-ring (bicyclic) bond motifs is 2. The molecule has 4 heterocycles. The lowest BCUT2D eigenvalue weighted by Crippen LogP contribution is -2.32. The van der Waals surface area contributed by atoms with Crippen LogP contribution in [-0.2, 0) is 0 Å². The van der Waals surface area contributed by atoms with Crippen molar-refractivity contribution in [3.63, 3.8) is 0 Å². The molecule has 0 saturated carbocycles. The van der Waals surface area contributed by atoms with Gasteiger partial charge in [0, 0.05) is 49.3 Å². The number of nitrogens with one attached hydrogen (secondary N) is 1. The normalized spacial score (nSPS) is 22.1. The maximum atomic E-state index is 13.0. The molecule has 0 bridgehead atoms. The SMILES string of the molecule is Cc1c(C(=O)N2C[C@H]3CNC[C@H]3C2)nnn1-c1cccc2cnccc12. The molecule has 2 aromatic heterocycles. The first-order chi connectivity index (χ1) is 12.7. The molecule has 26 heavy (non-hydrogen) atoms. The summed E-state index contributed by atoms with van der Waals surface area (Å²) in [5, 5.41) is 14.0. The molecule has 0 unspecified atom stereocenters. The molecule has 2 fully saturated rings. The van der Waals surface area contributed by atoms with Gasteiger partial charge in [-0.3, -0.25) is 9.78 Å². The van der Waals surface area contributed by atoms with Crippen molar-refractivity contribution in [3.8, 4) is 5.69 Å². The summed E-state index contributed by atoms with van der Waals surface area (Å²) in [6.07, 6.45) is 3.59. The molecule has 2 atom stereocenters. The van der Waals surface area contributed by atoms with Gasteiger partial charge in [-0.25, -0.2) is 4.68 Å². The zero-order chi connectivity index (χ0) is 17.7. The third-order valence-electron chi connectivity index (χ3n) is 5.66. The second-order valence-electron chi connectivity index (χ2n) is 7.20. The van der Waals surface area contributed by atoms with E-state index in [4.69, 9.17) is 0 Å². The zero-order valence-electron chi connectivity index (χ0n) is 14.6. The smallest absolute Gasteiger partial charge is 0.276 e. The molecule has 2 aliphatic rings. The molecule has 2 aliphatic heterocycles. The lowest BCUT2D eigenvalue weighted by atomic mass is 10.0. The van der Waals surface area contributed by atoms with Gasteiger partial charge in [-0.15, -0.1) is 5.10 Å². The first kappa shape index (κ1) is 15.5. The van der Waals surface area contributed by atoms with Crippen LogP contribution in [0.2, 0.25) is 0 Å². The summed E-state index contributed by atoms with van der Waals surface area (Å²) in [5.74, 6) is 1.13. The van der Waals surface area contributed by atoms with E-state index < -0.39 is 0 Å². The van der Waals surface area contributed by atoms with E-state index in [0.717, 1.165) is 48.3 Å². The van der Waals surface area contributed by atoms with Gasteiger partial charge >= 0.3 is 0 Å². The highest BCUT2D eigenvalue weighted by molar-refractivity contribution is 5.94. The lowest BCUT2D eigenvalue weighted by Gasteiger charge is -2.16. The molecule has 1 aromatic carbocycles. The van der Waals surface area contributed by atoms with Crippen molar-refractivity contribution in [2.24, 2.45) is 11.8 Å². The number of amides is 1. The standard InChI is InChI=1S/C19H20N6O/c1-12-18(19(26)24-10-14-8-21-9-15(14)11-24)22-23-25(12)17-4-2-3-13-7-20-6-5-16(13)17/h2-7,14-15,21H,8-11H2,1H3/t14-,15+. The van der Waals surface area contributed by atoms with Crippen LogP contribution in [-0.4, -0.2) is 57.0 Å². The fourth-order valence-electron chi connectivity index (χ4n) is 4.22. The molecule has 0 spiro atoms. The second kappa shape index (κ2) is 5.88. The van der Waals surface area contributed by atoms with Crippen LogP contribution in [0.1, 0.15) is 16.2 Å². The van der Waals surface area contributed by atoms with Crippen LogP contribution < -0.4 is 5.32 Å². The Labute approximate surface area is 151 Å². The van der Waals surface area contributed by atoms with Crippen molar-refractivity contribution in [1.29, 1.82) is 0 Å². The first-order valence-corrected chi connectivity index (χ1v) is 8.98. The summed E-state index contributed by atoms with van der Waals surface area (Å²) in [5.41, 5.74) is 2.13. The summed E-state index contributed by atoms with van der Waals surface area (Å²) in [7, 11) is 0. The number of likely N-dealkylation sites (tertiary alicyclic amines) is 1. The van der Waals surface area contributed by atoms with Gasteiger partial charge in [0.1, 0.15) is 0 Å². The fourth-order valence-corrected chi connectivity index (χ4v) is 4.22. The molecule has 0 radical (unpaired) electrons. The van der Waals surface area contributed by atoms with Gasteiger partial charge in [0.2, 0.25) is 0 Å². The van der Waals surface area contributed by atoms with Crippen molar-refractivity contribution in [2.45, 2.75) is 6.92 Å². The largest absolute Gasteiger partial charge is 0.337 e. The molecule has 7 nitrogen and oxygen atoms in total. The molecule has 0 aliphatic carbocycles. The fraction of sp³-hybridized carbons (Fsp3) is 0.368. The number of nitrogens with zero attached hydrogens (tertiary/aromatic N) is 5. The third-order valence-corrected chi connectivity index (χ3v) is 5.66. The Morgan fingerprint density at radius 1 is 1.19 bits per heavy atom. The molecular formula is C19H20N6O. The molecule has 1 amide bonds. The van der Waals surface area contributed by atoms with Crippen LogP contribution >= 0.6 is 0 Å². The Morgan fingerprint density at radius 2 is 2.00 bits per heavy atom.